The number of rotatable bonds is 4. The number of ether oxygens (including phenoxy) is 1. The maximum atomic E-state index is 5.74. The second-order valence-corrected chi connectivity index (χ2v) is 7.36. The molecular formula is C9H20O3Si. The molecule has 2 atom stereocenters. The van der Waals surface area contributed by atoms with Crippen LogP contribution in [0.4, 0.5) is 0 Å². The standard InChI is InChI=1S/C9H20O3Si/c1-6-9(8(2)7-12-9)13(5,10-3)11-4/h8H,6-7H2,1-5H3. The zero-order valence-corrected chi connectivity index (χ0v) is 10.2. The minimum atomic E-state index is -2.15. The predicted molar refractivity (Wildman–Crippen MR) is 53.8 cm³/mol. The first-order valence-electron chi connectivity index (χ1n) is 4.80. The third-order valence-electron chi connectivity index (χ3n) is 3.46. The normalized spacial score (nSPS) is 34.4. The Morgan fingerprint density at radius 2 is 2.00 bits per heavy atom. The zero-order valence-electron chi connectivity index (χ0n) is 9.22. The lowest BCUT2D eigenvalue weighted by Crippen LogP contribution is -2.70. The Kier molecular flexibility index (Phi) is 3.17. The molecule has 1 aliphatic heterocycles. The largest absolute Gasteiger partial charge is 0.396 e. The van der Waals surface area contributed by atoms with Crippen LogP contribution < -0.4 is 0 Å². The third kappa shape index (κ3) is 1.36. The summed E-state index contributed by atoms with van der Waals surface area (Å²) in [4.78, 5) is 0. The van der Waals surface area contributed by atoms with Crippen LogP contribution in [0, 0.1) is 5.92 Å². The lowest BCUT2D eigenvalue weighted by Gasteiger charge is -2.54. The summed E-state index contributed by atoms with van der Waals surface area (Å²) in [6, 6.07) is 0. The summed E-state index contributed by atoms with van der Waals surface area (Å²) in [7, 11) is 1.30. The van der Waals surface area contributed by atoms with Crippen molar-refractivity contribution < 1.29 is 13.6 Å². The molecule has 0 aromatic carbocycles. The first-order valence-corrected chi connectivity index (χ1v) is 7.12. The smallest absolute Gasteiger partial charge is 0.367 e. The van der Waals surface area contributed by atoms with Gasteiger partial charge in [0, 0.05) is 20.1 Å². The van der Waals surface area contributed by atoms with Crippen molar-refractivity contribution in [2.24, 2.45) is 5.92 Å². The fourth-order valence-corrected chi connectivity index (χ4v) is 5.05. The van der Waals surface area contributed by atoms with Gasteiger partial charge in [0.2, 0.25) is 0 Å². The molecule has 0 aliphatic carbocycles. The molecule has 0 aromatic heterocycles. The van der Waals surface area contributed by atoms with E-state index >= 15 is 0 Å². The van der Waals surface area contributed by atoms with Gasteiger partial charge < -0.3 is 13.6 Å². The first kappa shape index (κ1) is 11.2. The average Bonchev–Trinajstić information content (AvgIpc) is 2.16. The zero-order chi connectivity index (χ0) is 10.1. The van der Waals surface area contributed by atoms with Crippen molar-refractivity contribution in [3.8, 4) is 0 Å². The van der Waals surface area contributed by atoms with Gasteiger partial charge in [0.05, 0.1) is 6.61 Å². The first-order chi connectivity index (χ1) is 6.06. The van der Waals surface area contributed by atoms with Crippen LogP contribution in [-0.2, 0) is 13.6 Å². The van der Waals surface area contributed by atoms with Crippen LogP contribution in [0.15, 0.2) is 0 Å². The summed E-state index contributed by atoms with van der Waals surface area (Å²) in [6.45, 7) is 7.25. The molecule has 0 radical (unpaired) electrons. The van der Waals surface area contributed by atoms with Crippen molar-refractivity contribution >= 4 is 8.56 Å². The molecule has 78 valence electrons. The van der Waals surface area contributed by atoms with Crippen LogP contribution in [0.3, 0.4) is 0 Å². The molecule has 0 amide bonds. The van der Waals surface area contributed by atoms with E-state index in [0.29, 0.717) is 5.92 Å². The van der Waals surface area contributed by atoms with Gasteiger partial charge >= 0.3 is 8.56 Å². The topological polar surface area (TPSA) is 27.7 Å². The fourth-order valence-electron chi connectivity index (χ4n) is 2.23. The monoisotopic (exact) mass is 204 g/mol. The molecule has 1 rings (SSSR count). The Bertz CT molecular complexity index is 178. The molecule has 1 heterocycles. The third-order valence-corrected chi connectivity index (χ3v) is 7.55. The van der Waals surface area contributed by atoms with Crippen LogP contribution in [0.25, 0.3) is 0 Å². The van der Waals surface area contributed by atoms with Gasteiger partial charge in [-0.2, -0.15) is 0 Å². The number of hydrogen-bond donors (Lipinski definition) is 0. The Morgan fingerprint density at radius 3 is 2.08 bits per heavy atom. The van der Waals surface area contributed by atoms with Crippen LogP contribution in [0.1, 0.15) is 20.3 Å². The molecule has 0 spiro atoms. The average molecular weight is 204 g/mol. The second kappa shape index (κ2) is 3.69. The van der Waals surface area contributed by atoms with Gasteiger partial charge in [0.25, 0.3) is 0 Å². The van der Waals surface area contributed by atoms with Crippen LogP contribution in [0.5, 0.6) is 0 Å². The highest BCUT2D eigenvalue weighted by atomic mass is 28.4. The van der Waals surface area contributed by atoms with E-state index in [1.54, 1.807) is 14.2 Å². The lowest BCUT2D eigenvalue weighted by molar-refractivity contribution is -0.169. The minimum Gasteiger partial charge on any atom is -0.396 e. The van der Waals surface area contributed by atoms with Crippen molar-refractivity contribution in [1.29, 1.82) is 0 Å². The Balaban J connectivity index is 2.86. The van der Waals surface area contributed by atoms with Gasteiger partial charge in [0.1, 0.15) is 5.22 Å². The Morgan fingerprint density at radius 1 is 1.46 bits per heavy atom. The lowest BCUT2D eigenvalue weighted by atomic mass is 9.97. The van der Waals surface area contributed by atoms with Crippen molar-refractivity contribution in [3.05, 3.63) is 0 Å². The van der Waals surface area contributed by atoms with Crippen LogP contribution >= 0.6 is 0 Å². The molecule has 3 nitrogen and oxygen atoms in total. The van der Waals surface area contributed by atoms with Gasteiger partial charge in [-0.1, -0.05) is 13.8 Å². The van der Waals surface area contributed by atoms with Gasteiger partial charge in [0.15, 0.2) is 0 Å². The summed E-state index contributed by atoms with van der Waals surface area (Å²) in [6.07, 6.45) is 0.971. The highest BCUT2D eigenvalue weighted by molar-refractivity contribution is 6.69. The van der Waals surface area contributed by atoms with E-state index in [1.807, 2.05) is 0 Å². The van der Waals surface area contributed by atoms with Crippen molar-refractivity contribution in [2.75, 3.05) is 20.8 Å². The summed E-state index contributed by atoms with van der Waals surface area (Å²) in [5.74, 6) is 0.550. The van der Waals surface area contributed by atoms with Gasteiger partial charge in [-0.25, -0.2) is 0 Å². The Hall–Kier alpha value is 0.0969. The van der Waals surface area contributed by atoms with E-state index < -0.39 is 8.56 Å². The van der Waals surface area contributed by atoms with Crippen molar-refractivity contribution in [2.45, 2.75) is 32.0 Å². The summed E-state index contributed by atoms with van der Waals surface area (Å²) >= 11 is 0. The van der Waals surface area contributed by atoms with Crippen LogP contribution in [-0.4, -0.2) is 34.6 Å². The molecular weight excluding hydrogens is 184 g/mol. The van der Waals surface area contributed by atoms with E-state index in [4.69, 9.17) is 13.6 Å². The fraction of sp³-hybridized carbons (Fsp3) is 1.00. The van der Waals surface area contributed by atoms with Gasteiger partial charge in [-0.3, -0.25) is 0 Å². The molecule has 1 saturated heterocycles. The van der Waals surface area contributed by atoms with E-state index in [-0.39, 0.29) is 5.22 Å². The second-order valence-electron chi connectivity index (χ2n) is 3.81. The van der Waals surface area contributed by atoms with E-state index in [0.717, 1.165) is 13.0 Å². The van der Waals surface area contributed by atoms with Crippen LogP contribution in [0.2, 0.25) is 6.55 Å². The molecule has 1 aliphatic rings. The Labute approximate surface area is 81.6 Å². The maximum Gasteiger partial charge on any atom is 0.367 e. The maximum absolute atomic E-state index is 5.74. The van der Waals surface area contributed by atoms with Crippen molar-refractivity contribution in [1.82, 2.24) is 0 Å². The van der Waals surface area contributed by atoms with Gasteiger partial charge in [-0.15, -0.1) is 0 Å². The highest BCUT2D eigenvalue weighted by Gasteiger charge is 2.61. The molecule has 2 unspecified atom stereocenters. The number of hydrogen-bond acceptors (Lipinski definition) is 3. The molecule has 0 bridgehead atoms. The summed E-state index contributed by atoms with van der Waals surface area (Å²) < 4.78 is 16.8. The molecule has 1 fully saturated rings. The predicted octanol–water partition coefficient (Wildman–Crippen LogP) is 1.71. The quantitative estimate of drug-likeness (QED) is 0.652. The highest BCUT2D eigenvalue weighted by Crippen LogP contribution is 2.43. The van der Waals surface area contributed by atoms with Gasteiger partial charge in [-0.05, 0) is 13.0 Å². The van der Waals surface area contributed by atoms with Crippen molar-refractivity contribution in [3.63, 3.8) is 0 Å². The SMILES string of the molecule is CCC1([Si](C)(OC)OC)OCC1C. The molecule has 0 saturated carbocycles. The van der Waals surface area contributed by atoms with E-state index in [1.165, 1.54) is 0 Å². The van der Waals surface area contributed by atoms with E-state index in [9.17, 15) is 0 Å². The molecule has 4 heteroatoms. The molecule has 0 aromatic rings. The van der Waals surface area contributed by atoms with E-state index in [2.05, 4.69) is 20.4 Å². The summed E-state index contributed by atoms with van der Waals surface area (Å²) in [5, 5.41) is -0.128. The summed E-state index contributed by atoms with van der Waals surface area (Å²) in [5.41, 5.74) is 0. The molecule has 13 heavy (non-hydrogen) atoms. The molecule has 0 N–H and O–H groups in total. The minimum absolute atomic E-state index is 0.128.